The summed E-state index contributed by atoms with van der Waals surface area (Å²) < 4.78 is 9.52. The Labute approximate surface area is 164 Å². The summed E-state index contributed by atoms with van der Waals surface area (Å²) in [6.45, 7) is 3.55. The Kier molecular flexibility index (Phi) is 5.78. The van der Waals surface area contributed by atoms with Gasteiger partial charge in [0.1, 0.15) is 22.8 Å². The van der Waals surface area contributed by atoms with Crippen molar-refractivity contribution in [1.29, 1.82) is 0 Å². The van der Waals surface area contributed by atoms with E-state index >= 15 is 0 Å². The number of carbonyl (C=O) groups is 1. The maximum absolute atomic E-state index is 14.3. The smallest absolute Gasteiger partial charge is 0.343 e. The summed E-state index contributed by atoms with van der Waals surface area (Å²) in [6, 6.07) is 22.1. The normalized spacial score (nSPS) is 11.1. The summed E-state index contributed by atoms with van der Waals surface area (Å²) in [5.74, 6) is 0.132. The van der Waals surface area contributed by atoms with Crippen LogP contribution in [0.2, 0.25) is 0 Å². The summed E-state index contributed by atoms with van der Waals surface area (Å²) in [4.78, 5) is 11.4. The molecule has 5 heteroatoms. The topological polar surface area (TPSA) is 58.6 Å². The summed E-state index contributed by atoms with van der Waals surface area (Å²) in [5, 5.41) is 14.3. The Bertz CT molecular complexity index is 892. The van der Waals surface area contributed by atoms with Crippen LogP contribution in [0.4, 0.5) is 17.1 Å². The average molecular weight is 377 g/mol. The van der Waals surface area contributed by atoms with Crippen molar-refractivity contribution in [2.45, 2.75) is 13.8 Å². The molecule has 0 aromatic heterocycles. The monoisotopic (exact) mass is 377 g/mol. The van der Waals surface area contributed by atoms with E-state index in [1.807, 2.05) is 86.6 Å². The SMILES string of the molecule is COC(=O)COc1c(C)cc([N+]([O-])(c2ccccc2)c2ccccc2)cc1C. The van der Waals surface area contributed by atoms with Crippen LogP contribution in [0.1, 0.15) is 11.1 Å². The van der Waals surface area contributed by atoms with Gasteiger partial charge in [0, 0.05) is 36.4 Å². The molecule has 0 radical (unpaired) electrons. The first-order valence-electron chi connectivity index (χ1n) is 8.99. The molecule has 28 heavy (non-hydrogen) atoms. The highest BCUT2D eigenvalue weighted by atomic mass is 16.6. The molecular formula is C23H23NO4. The molecule has 0 saturated heterocycles. The van der Waals surface area contributed by atoms with Crippen LogP contribution in [-0.2, 0) is 9.53 Å². The van der Waals surface area contributed by atoms with Crippen molar-refractivity contribution in [1.82, 2.24) is 4.65 Å². The Hall–Kier alpha value is -3.15. The molecule has 3 aromatic carbocycles. The van der Waals surface area contributed by atoms with Crippen LogP contribution in [0, 0.1) is 19.1 Å². The lowest BCUT2D eigenvalue weighted by Gasteiger charge is -2.41. The second kappa shape index (κ2) is 8.25. The zero-order valence-electron chi connectivity index (χ0n) is 16.2. The van der Waals surface area contributed by atoms with Crippen molar-refractivity contribution in [2.24, 2.45) is 0 Å². The zero-order valence-corrected chi connectivity index (χ0v) is 16.2. The fourth-order valence-corrected chi connectivity index (χ4v) is 3.25. The molecule has 0 saturated carbocycles. The lowest BCUT2D eigenvalue weighted by atomic mass is 10.1. The summed E-state index contributed by atoms with van der Waals surface area (Å²) in [6.07, 6.45) is 0. The molecule has 0 atom stereocenters. The lowest BCUT2D eigenvalue weighted by Crippen LogP contribution is -2.31. The van der Waals surface area contributed by atoms with Crippen molar-refractivity contribution in [3.05, 3.63) is 89.1 Å². The van der Waals surface area contributed by atoms with Crippen molar-refractivity contribution in [3.8, 4) is 5.75 Å². The second-order valence-electron chi connectivity index (χ2n) is 6.55. The molecule has 144 valence electrons. The number of rotatable bonds is 6. The van der Waals surface area contributed by atoms with E-state index in [4.69, 9.17) is 4.74 Å². The Morgan fingerprint density at radius 3 is 1.75 bits per heavy atom. The lowest BCUT2D eigenvalue weighted by molar-refractivity contribution is -0.142. The molecule has 5 nitrogen and oxygen atoms in total. The van der Waals surface area contributed by atoms with Gasteiger partial charge < -0.3 is 14.7 Å². The summed E-state index contributed by atoms with van der Waals surface area (Å²) >= 11 is 0. The number of ether oxygens (including phenoxy) is 2. The van der Waals surface area contributed by atoms with E-state index in [0.29, 0.717) is 22.8 Å². The third-order valence-corrected chi connectivity index (χ3v) is 4.61. The molecule has 3 aromatic rings. The van der Waals surface area contributed by atoms with Crippen molar-refractivity contribution in [3.63, 3.8) is 0 Å². The van der Waals surface area contributed by atoms with Gasteiger partial charge in [0.25, 0.3) is 0 Å². The molecule has 3 rings (SSSR count). The molecule has 0 N–H and O–H groups in total. The summed E-state index contributed by atoms with van der Waals surface area (Å²) in [5.41, 5.74) is 3.34. The van der Waals surface area contributed by atoms with Crippen LogP contribution in [0.3, 0.4) is 0 Å². The average Bonchev–Trinajstić information content (AvgIpc) is 2.73. The molecule has 0 bridgehead atoms. The van der Waals surface area contributed by atoms with E-state index in [1.54, 1.807) is 0 Å². The number of para-hydroxylation sites is 2. The molecule has 0 aliphatic rings. The predicted molar refractivity (Wildman–Crippen MR) is 111 cm³/mol. The molecular weight excluding hydrogens is 354 g/mol. The number of quaternary nitrogens is 1. The standard InChI is InChI=1S/C23H23NO4/c1-17-14-21(15-18(2)23(17)28-16-22(25)27-3)24(26,19-10-6-4-7-11-19)20-12-8-5-9-13-20/h4-15H,16H2,1-3H3. The zero-order chi connectivity index (χ0) is 20.1. The first-order valence-corrected chi connectivity index (χ1v) is 8.99. The van der Waals surface area contributed by atoms with Crippen LogP contribution < -0.4 is 9.38 Å². The quantitative estimate of drug-likeness (QED) is 0.331. The van der Waals surface area contributed by atoms with E-state index in [9.17, 15) is 10.0 Å². The first-order chi connectivity index (χ1) is 13.5. The van der Waals surface area contributed by atoms with Gasteiger partial charge in [-0.15, -0.1) is 0 Å². The van der Waals surface area contributed by atoms with Crippen LogP contribution in [0.15, 0.2) is 72.8 Å². The van der Waals surface area contributed by atoms with Crippen LogP contribution in [-0.4, -0.2) is 19.7 Å². The number of methoxy groups -OCH3 is 1. The maximum atomic E-state index is 14.3. The fraction of sp³-hybridized carbons (Fsp3) is 0.174. The van der Waals surface area contributed by atoms with Crippen molar-refractivity contribution >= 4 is 23.0 Å². The third kappa shape index (κ3) is 3.76. The van der Waals surface area contributed by atoms with E-state index in [-0.39, 0.29) is 6.61 Å². The van der Waals surface area contributed by atoms with Gasteiger partial charge in [-0.3, -0.25) is 4.65 Å². The van der Waals surface area contributed by atoms with E-state index in [2.05, 4.69) is 4.74 Å². The predicted octanol–water partition coefficient (Wildman–Crippen LogP) is 5.32. The minimum absolute atomic E-state index is 0.174. The van der Waals surface area contributed by atoms with Gasteiger partial charge in [-0.2, -0.15) is 0 Å². The minimum atomic E-state index is -0.722. The molecule has 0 aliphatic carbocycles. The molecule has 0 unspecified atom stereocenters. The number of aryl methyl sites for hydroxylation is 2. The van der Waals surface area contributed by atoms with Crippen molar-refractivity contribution < 1.29 is 14.3 Å². The molecule has 0 fully saturated rings. The Morgan fingerprint density at radius 2 is 1.32 bits per heavy atom. The van der Waals surface area contributed by atoms with Gasteiger partial charge in [0.2, 0.25) is 0 Å². The largest absolute Gasteiger partial charge is 0.616 e. The molecule has 0 spiro atoms. The van der Waals surface area contributed by atoms with Crippen LogP contribution in [0.25, 0.3) is 0 Å². The number of carbonyl (C=O) groups excluding carboxylic acids is 1. The number of hydrogen-bond acceptors (Lipinski definition) is 4. The van der Waals surface area contributed by atoms with Gasteiger partial charge in [0.15, 0.2) is 6.61 Å². The molecule has 0 aliphatic heterocycles. The van der Waals surface area contributed by atoms with Gasteiger partial charge in [-0.1, -0.05) is 36.4 Å². The van der Waals surface area contributed by atoms with E-state index in [0.717, 1.165) is 11.1 Å². The highest BCUT2D eigenvalue weighted by molar-refractivity contribution is 5.74. The van der Waals surface area contributed by atoms with Crippen molar-refractivity contribution in [2.75, 3.05) is 13.7 Å². The van der Waals surface area contributed by atoms with Gasteiger partial charge in [-0.05, 0) is 25.0 Å². The highest BCUT2D eigenvalue weighted by Crippen LogP contribution is 2.44. The number of benzene rings is 3. The van der Waals surface area contributed by atoms with E-state index < -0.39 is 10.6 Å². The van der Waals surface area contributed by atoms with Gasteiger partial charge >= 0.3 is 5.97 Å². The number of esters is 1. The second-order valence-corrected chi connectivity index (χ2v) is 6.55. The maximum Gasteiger partial charge on any atom is 0.343 e. The number of nitrogens with zero attached hydrogens (tertiary/aromatic N) is 1. The Morgan fingerprint density at radius 1 is 0.857 bits per heavy atom. The third-order valence-electron chi connectivity index (χ3n) is 4.61. The molecule has 0 heterocycles. The number of hydrogen-bond donors (Lipinski definition) is 0. The van der Waals surface area contributed by atoms with Gasteiger partial charge in [0.05, 0.1) is 7.11 Å². The van der Waals surface area contributed by atoms with E-state index in [1.165, 1.54) is 7.11 Å². The minimum Gasteiger partial charge on any atom is -0.616 e. The molecule has 0 amide bonds. The highest BCUT2D eigenvalue weighted by Gasteiger charge is 2.28. The first kappa shape index (κ1) is 19.6. The van der Waals surface area contributed by atoms with Gasteiger partial charge in [-0.25, -0.2) is 4.79 Å². The van der Waals surface area contributed by atoms with Crippen LogP contribution in [0.5, 0.6) is 5.75 Å². The Balaban J connectivity index is 2.11. The summed E-state index contributed by atoms with van der Waals surface area (Å²) in [7, 11) is 1.32. The van der Waals surface area contributed by atoms with Crippen LogP contribution >= 0.6 is 0 Å². The fourth-order valence-electron chi connectivity index (χ4n) is 3.25.